The number of carbonyl (C=O) groups is 1. The van der Waals surface area contributed by atoms with Crippen LogP contribution in [-0.4, -0.2) is 12.5 Å². The van der Waals surface area contributed by atoms with Crippen LogP contribution < -0.4 is 10.2 Å². The first-order valence-electron chi connectivity index (χ1n) is 8.71. The molecule has 126 valence electrons. The van der Waals surface area contributed by atoms with E-state index in [1.165, 1.54) is 27.8 Å². The van der Waals surface area contributed by atoms with Gasteiger partial charge in [-0.05, 0) is 67.1 Å². The minimum atomic E-state index is 0.242. The number of rotatable bonds is 5. The van der Waals surface area contributed by atoms with Crippen LogP contribution >= 0.6 is 0 Å². The zero-order chi connectivity index (χ0) is 17.1. The highest BCUT2D eigenvalue weighted by molar-refractivity contribution is 5.95. The Balaban J connectivity index is 1.63. The van der Waals surface area contributed by atoms with Gasteiger partial charge < -0.3 is 10.2 Å². The number of hydrogen-bond acceptors (Lipinski definition) is 2. The van der Waals surface area contributed by atoms with Gasteiger partial charge in [-0.3, -0.25) is 4.79 Å². The van der Waals surface area contributed by atoms with E-state index in [1.54, 1.807) is 0 Å². The van der Waals surface area contributed by atoms with Crippen LogP contribution in [0.1, 0.15) is 40.7 Å². The fourth-order valence-electron chi connectivity index (χ4n) is 3.31. The minimum absolute atomic E-state index is 0.242. The van der Waals surface area contributed by atoms with Crippen LogP contribution in [0.5, 0.6) is 0 Å². The first kappa shape index (κ1) is 16.7. The van der Waals surface area contributed by atoms with Crippen LogP contribution in [0.3, 0.4) is 0 Å². The maximum atomic E-state index is 11.9. The predicted molar refractivity (Wildman–Crippen MR) is 99.2 cm³/mol. The van der Waals surface area contributed by atoms with E-state index < -0.39 is 0 Å². The van der Waals surface area contributed by atoms with Crippen molar-refractivity contribution in [3.05, 3.63) is 64.2 Å². The fraction of sp³-hybridized carbons (Fsp3) is 0.381. The van der Waals surface area contributed by atoms with E-state index in [1.807, 2.05) is 17.0 Å². The Morgan fingerprint density at radius 3 is 2.54 bits per heavy atom. The van der Waals surface area contributed by atoms with Gasteiger partial charge in [-0.15, -0.1) is 0 Å². The Hall–Kier alpha value is -2.13. The first-order chi connectivity index (χ1) is 11.5. The van der Waals surface area contributed by atoms with Crippen molar-refractivity contribution in [3.63, 3.8) is 0 Å². The molecule has 0 aromatic heterocycles. The molecule has 0 bridgehead atoms. The summed E-state index contributed by atoms with van der Waals surface area (Å²) >= 11 is 0. The minimum Gasteiger partial charge on any atom is -0.312 e. The van der Waals surface area contributed by atoms with E-state index in [0.29, 0.717) is 6.42 Å². The van der Waals surface area contributed by atoms with Crippen molar-refractivity contribution in [1.82, 2.24) is 5.32 Å². The Bertz CT molecular complexity index is 751. The number of benzene rings is 2. The van der Waals surface area contributed by atoms with Gasteiger partial charge >= 0.3 is 0 Å². The summed E-state index contributed by atoms with van der Waals surface area (Å²) in [6, 6.07) is 12.8. The number of amides is 1. The molecule has 1 aliphatic heterocycles. The summed E-state index contributed by atoms with van der Waals surface area (Å²) in [7, 11) is 0. The van der Waals surface area contributed by atoms with Crippen molar-refractivity contribution >= 4 is 11.6 Å². The molecule has 1 saturated heterocycles. The molecule has 3 rings (SSSR count). The number of aryl methyl sites for hydroxylation is 3. The molecule has 0 saturated carbocycles. The normalized spacial score (nSPS) is 14.5. The van der Waals surface area contributed by atoms with Gasteiger partial charge in [0.25, 0.3) is 0 Å². The third-order valence-electron chi connectivity index (χ3n) is 4.89. The number of nitrogens with zero attached hydrogens (tertiary/aromatic N) is 1. The molecule has 0 atom stereocenters. The molecule has 0 unspecified atom stereocenters. The fourth-order valence-corrected chi connectivity index (χ4v) is 3.31. The van der Waals surface area contributed by atoms with Gasteiger partial charge in [0.2, 0.25) is 5.91 Å². The quantitative estimate of drug-likeness (QED) is 0.901. The van der Waals surface area contributed by atoms with Gasteiger partial charge in [0, 0.05) is 31.7 Å². The van der Waals surface area contributed by atoms with E-state index >= 15 is 0 Å². The summed E-state index contributed by atoms with van der Waals surface area (Å²) in [5.74, 6) is 0.242. The largest absolute Gasteiger partial charge is 0.312 e. The Kier molecular flexibility index (Phi) is 5.00. The number of nitrogens with one attached hydrogen (secondary N) is 1. The summed E-state index contributed by atoms with van der Waals surface area (Å²) in [5, 5.41) is 3.53. The third kappa shape index (κ3) is 3.68. The van der Waals surface area contributed by atoms with Crippen molar-refractivity contribution in [2.75, 3.05) is 11.4 Å². The van der Waals surface area contributed by atoms with Crippen molar-refractivity contribution in [2.24, 2.45) is 0 Å². The van der Waals surface area contributed by atoms with Crippen molar-refractivity contribution in [3.8, 4) is 0 Å². The molecule has 0 radical (unpaired) electrons. The molecule has 1 amide bonds. The summed E-state index contributed by atoms with van der Waals surface area (Å²) in [6.07, 6.45) is 1.64. The van der Waals surface area contributed by atoms with Crippen LogP contribution in [0.2, 0.25) is 0 Å². The number of hydrogen-bond donors (Lipinski definition) is 1. The summed E-state index contributed by atoms with van der Waals surface area (Å²) in [5.41, 5.74) is 7.62. The maximum Gasteiger partial charge on any atom is 0.227 e. The number of anilines is 1. The van der Waals surface area contributed by atoms with Crippen LogP contribution in [-0.2, 0) is 17.9 Å². The van der Waals surface area contributed by atoms with Gasteiger partial charge in [0.05, 0.1) is 0 Å². The topological polar surface area (TPSA) is 32.3 Å². The predicted octanol–water partition coefficient (Wildman–Crippen LogP) is 4.03. The van der Waals surface area contributed by atoms with Crippen LogP contribution in [0.25, 0.3) is 0 Å². The monoisotopic (exact) mass is 322 g/mol. The second kappa shape index (κ2) is 7.18. The van der Waals surface area contributed by atoms with E-state index in [9.17, 15) is 4.79 Å². The van der Waals surface area contributed by atoms with Crippen molar-refractivity contribution in [2.45, 2.75) is 46.7 Å². The van der Waals surface area contributed by atoms with Gasteiger partial charge in [-0.1, -0.05) is 24.3 Å². The van der Waals surface area contributed by atoms with E-state index in [0.717, 1.165) is 31.7 Å². The lowest BCUT2D eigenvalue weighted by atomic mass is 10.0. The molecular formula is C21H26N2O. The van der Waals surface area contributed by atoms with Crippen molar-refractivity contribution in [1.29, 1.82) is 0 Å². The first-order valence-corrected chi connectivity index (χ1v) is 8.71. The maximum absolute atomic E-state index is 11.9. The highest BCUT2D eigenvalue weighted by atomic mass is 16.2. The highest BCUT2D eigenvalue weighted by Crippen LogP contribution is 2.22. The Morgan fingerprint density at radius 1 is 1.00 bits per heavy atom. The van der Waals surface area contributed by atoms with E-state index in [4.69, 9.17) is 0 Å². The van der Waals surface area contributed by atoms with Crippen molar-refractivity contribution < 1.29 is 4.79 Å². The summed E-state index contributed by atoms with van der Waals surface area (Å²) < 4.78 is 0. The van der Waals surface area contributed by atoms with Gasteiger partial charge in [0.15, 0.2) is 0 Å². The lowest BCUT2D eigenvalue weighted by molar-refractivity contribution is -0.117. The average Bonchev–Trinajstić information content (AvgIpc) is 2.99. The zero-order valence-corrected chi connectivity index (χ0v) is 14.9. The molecule has 0 spiro atoms. The standard InChI is InChI=1S/C21H26N2O/c1-15-10-17(3)19(11-16(15)2)14-22-13-18-6-4-7-20(12-18)23-9-5-8-21(23)24/h4,6-7,10-12,22H,5,8-9,13-14H2,1-3H3. The summed E-state index contributed by atoms with van der Waals surface area (Å²) in [6.45, 7) is 9.00. The van der Waals surface area contributed by atoms with E-state index in [2.05, 4.69) is 50.4 Å². The average molecular weight is 322 g/mol. The van der Waals surface area contributed by atoms with Gasteiger partial charge in [-0.25, -0.2) is 0 Å². The van der Waals surface area contributed by atoms with Crippen LogP contribution in [0.15, 0.2) is 36.4 Å². The lowest BCUT2D eigenvalue weighted by Gasteiger charge is -2.17. The molecule has 0 aliphatic carbocycles. The molecule has 1 N–H and O–H groups in total. The molecule has 2 aromatic rings. The Labute approximate surface area is 144 Å². The second-order valence-corrected chi connectivity index (χ2v) is 6.79. The lowest BCUT2D eigenvalue weighted by Crippen LogP contribution is -2.24. The SMILES string of the molecule is Cc1cc(C)c(CNCc2cccc(N3CCCC3=O)c2)cc1C. The van der Waals surface area contributed by atoms with E-state index in [-0.39, 0.29) is 5.91 Å². The smallest absolute Gasteiger partial charge is 0.227 e. The third-order valence-corrected chi connectivity index (χ3v) is 4.89. The van der Waals surface area contributed by atoms with Gasteiger partial charge in [-0.2, -0.15) is 0 Å². The molecule has 2 aromatic carbocycles. The summed E-state index contributed by atoms with van der Waals surface area (Å²) in [4.78, 5) is 13.8. The van der Waals surface area contributed by atoms with Crippen LogP contribution in [0.4, 0.5) is 5.69 Å². The second-order valence-electron chi connectivity index (χ2n) is 6.79. The molecule has 1 fully saturated rings. The molecule has 1 heterocycles. The molecule has 24 heavy (non-hydrogen) atoms. The molecule has 1 aliphatic rings. The zero-order valence-electron chi connectivity index (χ0n) is 14.9. The van der Waals surface area contributed by atoms with Crippen LogP contribution in [0, 0.1) is 20.8 Å². The molecular weight excluding hydrogens is 296 g/mol. The molecule has 3 nitrogen and oxygen atoms in total. The Morgan fingerprint density at radius 2 is 1.79 bits per heavy atom. The number of carbonyl (C=O) groups excluding carboxylic acids is 1. The van der Waals surface area contributed by atoms with Gasteiger partial charge in [0.1, 0.15) is 0 Å². The highest BCUT2D eigenvalue weighted by Gasteiger charge is 2.21. The molecule has 3 heteroatoms.